The molecular formula is C18H24N2O6. The van der Waals surface area contributed by atoms with E-state index in [1.54, 1.807) is 6.92 Å². The van der Waals surface area contributed by atoms with Crippen molar-refractivity contribution in [1.29, 1.82) is 0 Å². The first-order chi connectivity index (χ1) is 12.3. The molecular weight excluding hydrogens is 340 g/mol. The van der Waals surface area contributed by atoms with Gasteiger partial charge >= 0.3 is 17.3 Å². The summed E-state index contributed by atoms with van der Waals surface area (Å²) in [5.74, 6) is -0.666. The van der Waals surface area contributed by atoms with Crippen LogP contribution in [0.1, 0.15) is 57.1 Å². The standard InChI is InChI=1S/C18H24N2O6/c1-4-6-7-8-9-11-14-13(3)18(20(24)25)15(19(22)23)12-16(14)26-17(21)10-5-2/h5,10,12H,4,6-9,11H2,1-3H3/b10-5+. The van der Waals surface area contributed by atoms with Crippen molar-refractivity contribution in [3.63, 3.8) is 0 Å². The minimum Gasteiger partial charge on any atom is -0.423 e. The molecule has 26 heavy (non-hydrogen) atoms. The quantitative estimate of drug-likeness (QED) is 0.147. The van der Waals surface area contributed by atoms with E-state index in [0.717, 1.165) is 38.2 Å². The van der Waals surface area contributed by atoms with Gasteiger partial charge in [-0.25, -0.2) is 4.79 Å². The third-order valence-corrected chi connectivity index (χ3v) is 4.04. The van der Waals surface area contributed by atoms with Crippen LogP contribution < -0.4 is 4.74 Å². The lowest BCUT2D eigenvalue weighted by Crippen LogP contribution is -2.10. The van der Waals surface area contributed by atoms with Crippen LogP contribution in [0.25, 0.3) is 0 Å². The SMILES string of the molecule is C/C=C/C(=O)Oc1cc([N+](=O)[O-])c([N+](=O)[O-])c(C)c1CCCCCCC. The number of carbonyl (C=O) groups is 1. The lowest BCUT2D eigenvalue weighted by atomic mass is 9.98. The summed E-state index contributed by atoms with van der Waals surface area (Å²) in [6.07, 6.45) is 8.04. The van der Waals surface area contributed by atoms with E-state index in [1.807, 2.05) is 0 Å². The van der Waals surface area contributed by atoms with Crippen molar-refractivity contribution in [3.05, 3.63) is 49.6 Å². The molecule has 8 nitrogen and oxygen atoms in total. The van der Waals surface area contributed by atoms with E-state index >= 15 is 0 Å². The number of rotatable bonds is 10. The molecule has 0 aromatic heterocycles. The monoisotopic (exact) mass is 364 g/mol. The summed E-state index contributed by atoms with van der Waals surface area (Å²) in [7, 11) is 0. The lowest BCUT2D eigenvalue weighted by Gasteiger charge is -2.13. The first-order valence-electron chi connectivity index (χ1n) is 8.63. The second-order valence-corrected chi connectivity index (χ2v) is 5.95. The van der Waals surface area contributed by atoms with Crippen LogP contribution in [0.5, 0.6) is 5.75 Å². The van der Waals surface area contributed by atoms with Crippen molar-refractivity contribution in [2.45, 2.75) is 59.3 Å². The van der Waals surface area contributed by atoms with Gasteiger partial charge < -0.3 is 4.74 Å². The number of allylic oxidation sites excluding steroid dienone is 1. The number of carbonyl (C=O) groups excluding carboxylic acids is 1. The highest BCUT2D eigenvalue weighted by molar-refractivity contribution is 5.84. The zero-order chi connectivity index (χ0) is 19.7. The van der Waals surface area contributed by atoms with Gasteiger partial charge in [0, 0.05) is 17.2 Å². The summed E-state index contributed by atoms with van der Waals surface area (Å²) in [5.41, 5.74) is -0.588. The number of esters is 1. The van der Waals surface area contributed by atoms with Crippen LogP contribution in [0.2, 0.25) is 0 Å². The molecule has 0 aliphatic carbocycles. The minimum atomic E-state index is -0.830. The van der Waals surface area contributed by atoms with Crippen LogP contribution in [-0.4, -0.2) is 15.8 Å². The van der Waals surface area contributed by atoms with Gasteiger partial charge in [-0.1, -0.05) is 38.7 Å². The van der Waals surface area contributed by atoms with E-state index in [9.17, 15) is 25.0 Å². The second kappa shape index (κ2) is 10.3. The Kier molecular flexibility index (Phi) is 8.41. The van der Waals surface area contributed by atoms with Gasteiger partial charge in [-0.05, 0) is 26.7 Å². The number of ether oxygens (including phenoxy) is 1. The van der Waals surface area contributed by atoms with Crippen molar-refractivity contribution in [2.75, 3.05) is 0 Å². The highest BCUT2D eigenvalue weighted by atomic mass is 16.6. The molecule has 0 spiro atoms. The maximum absolute atomic E-state index is 11.8. The molecule has 1 rings (SSSR count). The molecule has 0 amide bonds. The maximum Gasteiger partial charge on any atom is 0.350 e. The molecule has 0 aliphatic heterocycles. The fourth-order valence-corrected chi connectivity index (χ4v) is 2.75. The number of unbranched alkanes of at least 4 members (excludes halogenated alkanes) is 4. The predicted octanol–water partition coefficient (Wildman–Crippen LogP) is 4.81. The molecule has 0 bridgehead atoms. The molecule has 1 aromatic carbocycles. The molecule has 8 heteroatoms. The molecule has 1 aromatic rings. The number of nitrogens with zero attached hydrogens (tertiary/aromatic N) is 2. The van der Waals surface area contributed by atoms with Crippen molar-refractivity contribution < 1.29 is 19.4 Å². The molecule has 0 atom stereocenters. The normalized spacial score (nSPS) is 10.9. The summed E-state index contributed by atoms with van der Waals surface area (Å²) in [6.45, 7) is 5.20. The van der Waals surface area contributed by atoms with Crippen LogP contribution in [0.4, 0.5) is 11.4 Å². The maximum atomic E-state index is 11.8. The van der Waals surface area contributed by atoms with Gasteiger partial charge in [-0.3, -0.25) is 20.2 Å². The minimum absolute atomic E-state index is 0.0124. The van der Waals surface area contributed by atoms with Gasteiger partial charge in [0.1, 0.15) is 5.75 Å². The number of nitro benzene ring substituents is 2. The average Bonchev–Trinajstić information content (AvgIpc) is 2.56. The van der Waals surface area contributed by atoms with Crippen molar-refractivity contribution in [3.8, 4) is 5.75 Å². The largest absolute Gasteiger partial charge is 0.423 e. The zero-order valence-corrected chi connectivity index (χ0v) is 15.3. The van der Waals surface area contributed by atoms with Gasteiger partial charge in [-0.15, -0.1) is 0 Å². The van der Waals surface area contributed by atoms with Gasteiger partial charge in [0.15, 0.2) is 0 Å². The number of nitro groups is 2. The number of benzene rings is 1. The molecule has 0 saturated heterocycles. The van der Waals surface area contributed by atoms with Gasteiger partial charge in [0.25, 0.3) is 0 Å². The Bertz CT molecular complexity index is 712. The van der Waals surface area contributed by atoms with E-state index in [1.165, 1.54) is 19.1 Å². The van der Waals surface area contributed by atoms with Crippen LogP contribution in [0.3, 0.4) is 0 Å². The Morgan fingerprint density at radius 1 is 1.15 bits per heavy atom. The Morgan fingerprint density at radius 3 is 2.35 bits per heavy atom. The summed E-state index contributed by atoms with van der Waals surface area (Å²) in [6, 6.07) is 0.980. The van der Waals surface area contributed by atoms with Crippen LogP contribution in [0, 0.1) is 27.2 Å². The van der Waals surface area contributed by atoms with E-state index in [2.05, 4.69) is 6.92 Å². The van der Waals surface area contributed by atoms with E-state index in [-0.39, 0.29) is 11.3 Å². The van der Waals surface area contributed by atoms with E-state index in [4.69, 9.17) is 4.74 Å². The third-order valence-electron chi connectivity index (χ3n) is 4.04. The molecule has 0 saturated carbocycles. The van der Waals surface area contributed by atoms with Crippen LogP contribution in [-0.2, 0) is 11.2 Å². The summed E-state index contributed by atoms with van der Waals surface area (Å²) in [5, 5.41) is 22.6. The van der Waals surface area contributed by atoms with Gasteiger partial charge in [0.05, 0.1) is 15.9 Å². The molecule has 0 N–H and O–H groups in total. The molecule has 0 radical (unpaired) electrons. The number of hydrogen-bond acceptors (Lipinski definition) is 6. The van der Waals surface area contributed by atoms with Gasteiger partial charge in [-0.2, -0.15) is 0 Å². The zero-order valence-electron chi connectivity index (χ0n) is 15.3. The first-order valence-corrected chi connectivity index (χ1v) is 8.63. The van der Waals surface area contributed by atoms with Crippen molar-refractivity contribution in [1.82, 2.24) is 0 Å². The Balaban J connectivity index is 3.31. The lowest BCUT2D eigenvalue weighted by molar-refractivity contribution is -0.422. The molecule has 142 valence electrons. The Morgan fingerprint density at radius 2 is 1.81 bits per heavy atom. The topological polar surface area (TPSA) is 113 Å². The van der Waals surface area contributed by atoms with Crippen LogP contribution >= 0.6 is 0 Å². The second-order valence-electron chi connectivity index (χ2n) is 5.95. The van der Waals surface area contributed by atoms with Crippen molar-refractivity contribution >= 4 is 17.3 Å². The average molecular weight is 364 g/mol. The first kappa shape index (κ1) is 21.3. The Labute approximate surface area is 152 Å². The molecule has 0 heterocycles. The fraction of sp³-hybridized carbons (Fsp3) is 0.500. The summed E-state index contributed by atoms with van der Waals surface area (Å²) < 4.78 is 5.22. The van der Waals surface area contributed by atoms with E-state index in [0.29, 0.717) is 12.0 Å². The summed E-state index contributed by atoms with van der Waals surface area (Å²) in [4.78, 5) is 32.8. The predicted molar refractivity (Wildman–Crippen MR) is 97.4 cm³/mol. The Hall–Kier alpha value is -2.77. The highest BCUT2D eigenvalue weighted by Gasteiger charge is 2.32. The molecule has 0 aliphatic rings. The summed E-state index contributed by atoms with van der Waals surface area (Å²) >= 11 is 0. The van der Waals surface area contributed by atoms with E-state index < -0.39 is 27.2 Å². The smallest absolute Gasteiger partial charge is 0.350 e. The number of hydrogen-bond donors (Lipinski definition) is 0. The van der Waals surface area contributed by atoms with Gasteiger partial charge in [0.2, 0.25) is 0 Å². The fourth-order valence-electron chi connectivity index (χ4n) is 2.75. The van der Waals surface area contributed by atoms with Crippen molar-refractivity contribution in [2.24, 2.45) is 0 Å². The van der Waals surface area contributed by atoms with Crippen LogP contribution in [0.15, 0.2) is 18.2 Å². The third kappa shape index (κ3) is 5.65. The highest BCUT2D eigenvalue weighted by Crippen LogP contribution is 2.39. The molecule has 0 unspecified atom stereocenters. The molecule has 0 fully saturated rings.